The number of benzene rings is 1. The highest BCUT2D eigenvalue weighted by Crippen LogP contribution is 2.33. The van der Waals surface area contributed by atoms with E-state index in [1.54, 1.807) is 0 Å². The standard InChI is InChI=1S/C13H15Br2N3O/c1-8-10(7-18(2)17-8)6-16-5-9-3-11(14)13(19)12(15)4-9/h3-4,7,16,19H,5-6H2,1-2H3. The minimum absolute atomic E-state index is 0.229. The van der Waals surface area contributed by atoms with Crippen LogP contribution in [0.4, 0.5) is 0 Å². The zero-order valence-corrected chi connectivity index (χ0v) is 13.9. The van der Waals surface area contributed by atoms with E-state index in [0.717, 1.165) is 24.3 Å². The Balaban J connectivity index is 1.98. The van der Waals surface area contributed by atoms with Crippen LogP contribution in [-0.2, 0) is 20.1 Å². The van der Waals surface area contributed by atoms with Gasteiger partial charge in [-0.15, -0.1) is 0 Å². The molecule has 0 aliphatic heterocycles. The molecule has 102 valence electrons. The average molecular weight is 389 g/mol. The number of aryl methyl sites for hydroxylation is 2. The molecule has 0 saturated carbocycles. The van der Waals surface area contributed by atoms with Crippen LogP contribution in [0.25, 0.3) is 0 Å². The van der Waals surface area contributed by atoms with Gasteiger partial charge in [0.25, 0.3) is 0 Å². The number of phenolic OH excluding ortho intramolecular Hbond substituents is 1. The fourth-order valence-electron chi connectivity index (χ4n) is 1.88. The minimum atomic E-state index is 0.229. The van der Waals surface area contributed by atoms with Crippen LogP contribution in [0.5, 0.6) is 5.75 Å². The summed E-state index contributed by atoms with van der Waals surface area (Å²) in [6.45, 7) is 3.51. The number of aromatic hydroxyl groups is 1. The van der Waals surface area contributed by atoms with Crippen molar-refractivity contribution in [2.24, 2.45) is 7.05 Å². The van der Waals surface area contributed by atoms with Gasteiger partial charge in [-0.3, -0.25) is 4.68 Å². The molecule has 0 aliphatic carbocycles. The molecule has 2 N–H and O–H groups in total. The summed E-state index contributed by atoms with van der Waals surface area (Å²) in [4.78, 5) is 0. The lowest BCUT2D eigenvalue weighted by Crippen LogP contribution is -2.13. The van der Waals surface area contributed by atoms with Crippen molar-refractivity contribution in [3.05, 3.63) is 44.1 Å². The number of phenols is 1. The molecular weight excluding hydrogens is 374 g/mol. The maximum atomic E-state index is 9.65. The Kier molecular flexibility index (Phi) is 4.65. The molecule has 0 fully saturated rings. The summed E-state index contributed by atoms with van der Waals surface area (Å²) in [5.74, 6) is 0.229. The highest BCUT2D eigenvalue weighted by molar-refractivity contribution is 9.11. The molecule has 1 aromatic heterocycles. The Bertz CT molecular complexity index is 573. The van der Waals surface area contributed by atoms with Gasteiger partial charge in [-0.1, -0.05) is 0 Å². The van der Waals surface area contributed by atoms with E-state index in [4.69, 9.17) is 0 Å². The number of nitrogens with one attached hydrogen (secondary N) is 1. The van der Waals surface area contributed by atoms with E-state index in [-0.39, 0.29) is 5.75 Å². The van der Waals surface area contributed by atoms with Gasteiger partial charge in [0.05, 0.1) is 14.6 Å². The van der Waals surface area contributed by atoms with Gasteiger partial charge in [0.15, 0.2) is 0 Å². The van der Waals surface area contributed by atoms with Crippen molar-refractivity contribution >= 4 is 31.9 Å². The molecule has 4 nitrogen and oxygen atoms in total. The molecule has 0 unspecified atom stereocenters. The number of hydrogen-bond donors (Lipinski definition) is 2. The Hall–Kier alpha value is -0.850. The van der Waals surface area contributed by atoms with Gasteiger partial charge in [0.1, 0.15) is 5.75 Å². The van der Waals surface area contributed by atoms with Gasteiger partial charge in [0, 0.05) is 31.9 Å². The number of nitrogens with zero attached hydrogens (tertiary/aromatic N) is 2. The second-order valence-corrected chi connectivity index (χ2v) is 6.13. The molecule has 2 aromatic rings. The molecule has 2 rings (SSSR count). The summed E-state index contributed by atoms with van der Waals surface area (Å²) in [6.07, 6.45) is 2.02. The van der Waals surface area contributed by atoms with Gasteiger partial charge < -0.3 is 10.4 Å². The first-order valence-corrected chi connectivity index (χ1v) is 7.42. The molecule has 0 radical (unpaired) electrons. The van der Waals surface area contributed by atoms with E-state index < -0.39 is 0 Å². The zero-order chi connectivity index (χ0) is 14.0. The van der Waals surface area contributed by atoms with E-state index in [0.29, 0.717) is 8.95 Å². The smallest absolute Gasteiger partial charge is 0.143 e. The molecule has 0 aliphatic rings. The van der Waals surface area contributed by atoms with E-state index >= 15 is 0 Å². The number of rotatable bonds is 4. The third-order valence-corrected chi connectivity index (χ3v) is 4.05. The predicted octanol–water partition coefficient (Wildman–Crippen LogP) is 3.25. The second-order valence-electron chi connectivity index (χ2n) is 4.43. The van der Waals surface area contributed by atoms with E-state index in [9.17, 15) is 5.11 Å². The SMILES string of the molecule is Cc1nn(C)cc1CNCc1cc(Br)c(O)c(Br)c1. The third-order valence-electron chi connectivity index (χ3n) is 2.84. The summed E-state index contributed by atoms with van der Waals surface area (Å²) in [6, 6.07) is 3.81. The zero-order valence-electron chi connectivity index (χ0n) is 10.7. The summed E-state index contributed by atoms with van der Waals surface area (Å²) in [5, 5.41) is 17.3. The van der Waals surface area contributed by atoms with Gasteiger partial charge in [0.2, 0.25) is 0 Å². The first-order chi connectivity index (χ1) is 8.97. The van der Waals surface area contributed by atoms with Crippen LogP contribution in [0, 0.1) is 6.92 Å². The molecular formula is C13H15Br2N3O. The molecule has 0 atom stereocenters. The molecule has 6 heteroatoms. The van der Waals surface area contributed by atoms with Crippen molar-refractivity contribution in [2.75, 3.05) is 0 Å². The van der Waals surface area contributed by atoms with Crippen LogP contribution in [0.2, 0.25) is 0 Å². The van der Waals surface area contributed by atoms with Crippen LogP contribution in [-0.4, -0.2) is 14.9 Å². The molecule has 0 spiro atoms. The highest BCUT2D eigenvalue weighted by atomic mass is 79.9. The molecule has 0 bridgehead atoms. The molecule has 1 aromatic carbocycles. The van der Waals surface area contributed by atoms with Crippen LogP contribution in [0.15, 0.2) is 27.3 Å². The van der Waals surface area contributed by atoms with Crippen LogP contribution >= 0.6 is 31.9 Å². The maximum Gasteiger partial charge on any atom is 0.143 e. The van der Waals surface area contributed by atoms with Crippen molar-refractivity contribution in [3.8, 4) is 5.75 Å². The molecule has 1 heterocycles. The quantitative estimate of drug-likeness (QED) is 0.845. The number of halogens is 2. The lowest BCUT2D eigenvalue weighted by Gasteiger charge is -2.07. The predicted molar refractivity (Wildman–Crippen MR) is 82.0 cm³/mol. The van der Waals surface area contributed by atoms with Crippen LogP contribution in [0.3, 0.4) is 0 Å². The Labute approximate surface area is 129 Å². The first kappa shape index (κ1) is 14.6. The second kappa shape index (κ2) is 6.07. The first-order valence-electron chi connectivity index (χ1n) is 5.84. The Morgan fingerprint density at radius 2 is 1.89 bits per heavy atom. The summed E-state index contributed by atoms with van der Waals surface area (Å²) < 4.78 is 3.20. The van der Waals surface area contributed by atoms with Crippen molar-refractivity contribution in [3.63, 3.8) is 0 Å². The van der Waals surface area contributed by atoms with Gasteiger partial charge >= 0.3 is 0 Å². The largest absolute Gasteiger partial charge is 0.506 e. The van der Waals surface area contributed by atoms with E-state index in [1.165, 1.54) is 5.56 Å². The summed E-state index contributed by atoms with van der Waals surface area (Å²) in [7, 11) is 1.92. The van der Waals surface area contributed by atoms with Crippen LogP contribution < -0.4 is 5.32 Å². The number of aromatic nitrogens is 2. The lowest BCUT2D eigenvalue weighted by molar-refractivity contribution is 0.468. The minimum Gasteiger partial charge on any atom is -0.506 e. The lowest BCUT2D eigenvalue weighted by atomic mass is 10.2. The Morgan fingerprint density at radius 3 is 2.42 bits per heavy atom. The van der Waals surface area contributed by atoms with Crippen molar-refractivity contribution in [2.45, 2.75) is 20.0 Å². The van der Waals surface area contributed by atoms with Crippen LogP contribution in [0.1, 0.15) is 16.8 Å². The maximum absolute atomic E-state index is 9.65. The topological polar surface area (TPSA) is 50.1 Å². The van der Waals surface area contributed by atoms with Gasteiger partial charge in [-0.25, -0.2) is 0 Å². The van der Waals surface area contributed by atoms with Crippen molar-refractivity contribution in [1.82, 2.24) is 15.1 Å². The van der Waals surface area contributed by atoms with Crippen molar-refractivity contribution in [1.29, 1.82) is 0 Å². The van der Waals surface area contributed by atoms with Crippen molar-refractivity contribution < 1.29 is 5.11 Å². The van der Waals surface area contributed by atoms with Gasteiger partial charge in [-0.2, -0.15) is 5.10 Å². The van der Waals surface area contributed by atoms with E-state index in [2.05, 4.69) is 42.3 Å². The normalized spacial score (nSPS) is 10.9. The highest BCUT2D eigenvalue weighted by Gasteiger charge is 2.06. The fourth-order valence-corrected chi connectivity index (χ4v) is 3.17. The summed E-state index contributed by atoms with van der Waals surface area (Å²) >= 11 is 6.66. The average Bonchev–Trinajstić information content (AvgIpc) is 2.65. The summed E-state index contributed by atoms with van der Waals surface area (Å²) in [5.41, 5.74) is 3.33. The monoisotopic (exact) mass is 387 g/mol. The molecule has 0 amide bonds. The Morgan fingerprint density at radius 1 is 1.26 bits per heavy atom. The molecule has 0 saturated heterocycles. The molecule has 19 heavy (non-hydrogen) atoms. The fraction of sp³-hybridized carbons (Fsp3) is 0.308. The third kappa shape index (κ3) is 3.58. The number of hydrogen-bond acceptors (Lipinski definition) is 3. The van der Waals surface area contributed by atoms with E-state index in [1.807, 2.05) is 37.0 Å². The van der Waals surface area contributed by atoms with Gasteiger partial charge in [-0.05, 0) is 56.5 Å².